The fourth-order valence-electron chi connectivity index (χ4n) is 6.91. The van der Waals surface area contributed by atoms with Crippen molar-refractivity contribution < 1.29 is 13.2 Å². The monoisotopic (exact) mass is 480 g/mol. The van der Waals surface area contributed by atoms with Gasteiger partial charge >= 0.3 is 0 Å². The van der Waals surface area contributed by atoms with Crippen molar-refractivity contribution >= 4 is 21.6 Å². The first-order valence-electron chi connectivity index (χ1n) is 12.6. The lowest BCUT2D eigenvalue weighted by atomic mass is 9.53. The molecule has 0 radical (unpaired) electrons. The number of benzene rings is 2. The van der Waals surface area contributed by atoms with Crippen LogP contribution in [0.25, 0.3) is 0 Å². The Hall–Kier alpha value is -2.34. The summed E-state index contributed by atoms with van der Waals surface area (Å²) in [6, 6.07) is 14.4. The van der Waals surface area contributed by atoms with Crippen LogP contribution in [0.2, 0.25) is 0 Å². The van der Waals surface area contributed by atoms with E-state index in [4.69, 9.17) is 0 Å². The Kier molecular flexibility index (Phi) is 5.99. The van der Waals surface area contributed by atoms with E-state index in [0.717, 1.165) is 30.4 Å². The molecule has 2 aromatic carbocycles. The Morgan fingerprint density at radius 2 is 1.47 bits per heavy atom. The van der Waals surface area contributed by atoms with Crippen LogP contribution in [0.4, 0.5) is 5.69 Å². The first-order chi connectivity index (χ1) is 16.1. The highest BCUT2D eigenvalue weighted by molar-refractivity contribution is 7.92. The number of carbonyl (C=O) groups is 1. The van der Waals surface area contributed by atoms with Gasteiger partial charge in [-0.25, -0.2) is 8.42 Å². The third-order valence-corrected chi connectivity index (χ3v) is 9.97. The summed E-state index contributed by atoms with van der Waals surface area (Å²) in [6.45, 7) is 5.93. The van der Waals surface area contributed by atoms with Crippen LogP contribution >= 0.6 is 0 Å². The Morgan fingerprint density at radius 1 is 0.941 bits per heavy atom. The van der Waals surface area contributed by atoms with Gasteiger partial charge in [0.2, 0.25) is 5.91 Å². The van der Waals surface area contributed by atoms with Crippen LogP contribution in [0, 0.1) is 24.7 Å². The van der Waals surface area contributed by atoms with E-state index in [2.05, 4.69) is 19.2 Å². The molecule has 0 aliphatic heterocycles. The van der Waals surface area contributed by atoms with Gasteiger partial charge in [0, 0.05) is 5.54 Å². The van der Waals surface area contributed by atoms with Gasteiger partial charge in [-0.3, -0.25) is 9.10 Å². The van der Waals surface area contributed by atoms with Gasteiger partial charge in [-0.1, -0.05) is 43.7 Å². The second-order valence-electron chi connectivity index (χ2n) is 11.3. The van der Waals surface area contributed by atoms with Gasteiger partial charge in [-0.15, -0.1) is 0 Å². The number of aryl methyl sites for hydroxylation is 1. The lowest BCUT2D eigenvalue weighted by Crippen LogP contribution is -2.61. The molecule has 6 heteroatoms. The van der Waals surface area contributed by atoms with Crippen molar-refractivity contribution in [2.45, 2.75) is 75.6 Å². The maximum atomic E-state index is 13.7. The van der Waals surface area contributed by atoms with E-state index in [1.165, 1.54) is 23.6 Å². The van der Waals surface area contributed by atoms with Crippen LogP contribution in [0.15, 0.2) is 53.4 Å². The summed E-state index contributed by atoms with van der Waals surface area (Å²) < 4.78 is 28.7. The summed E-state index contributed by atoms with van der Waals surface area (Å²) in [6.07, 6.45) is 7.01. The molecule has 0 heterocycles. The number of amides is 1. The Bertz CT molecular complexity index is 1120. The minimum atomic E-state index is -3.89. The number of rotatable bonds is 7. The third-order valence-electron chi connectivity index (χ3n) is 8.19. The van der Waals surface area contributed by atoms with Crippen LogP contribution in [-0.4, -0.2) is 26.4 Å². The average molecular weight is 481 g/mol. The van der Waals surface area contributed by atoms with Gasteiger partial charge < -0.3 is 5.32 Å². The zero-order valence-electron chi connectivity index (χ0n) is 20.5. The van der Waals surface area contributed by atoms with Crippen LogP contribution in [0.3, 0.4) is 0 Å². The minimum Gasteiger partial charge on any atom is -0.349 e. The normalized spacial score (nSPS) is 27.7. The van der Waals surface area contributed by atoms with E-state index in [-0.39, 0.29) is 22.9 Å². The van der Waals surface area contributed by atoms with Gasteiger partial charge in [-0.2, -0.15) is 0 Å². The third kappa shape index (κ3) is 4.49. The average Bonchev–Trinajstić information content (AvgIpc) is 2.76. The predicted octanol–water partition coefficient (Wildman–Crippen LogP) is 5.40. The summed E-state index contributed by atoms with van der Waals surface area (Å²) in [4.78, 5) is 13.6. The zero-order valence-corrected chi connectivity index (χ0v) is 21.3. The highest BCUT2D eigenvalue weighted by Crippen LogP contribution is 2.55. The van der Waals surface area contributed by atoms with Crippen LogP contribution in [0.5, 0.6) is 0 Å². The van der Waals surface area contributed by atoms with Crippen LogP contribution in [-0.2, 0) is 14.8 Å². The lowest BCUT2D eigenvalue weighted by Gasteiger charge is -2.57. The van der Waals surface area contributed by atoms with Gasteiger partial charge in [-0.05, 0) is 98.9 Å². The quantitative estimate of drug-likeness (QED) is 0.577. The van der Waals surface area contributed by atoms with E-state index in [9.17, 15) is 13.2 Å². The number of sulfonamides is 1. The molecule has 5 nitrogen and oxygen atoms in total. The Balaban J connectivity index is 1.42. The molecule has 182 valence electrons. The molecule has 4 aliphatic carbocycles. The van der Waals surface area contributed by atoms with E-state index >= 15 is 0 Å². The summed E-state index contributed by atoms with van der Waals surface area (Å²) in [5.74, 6) is 2.27. The summed E-state index contributed by atoms with van der Waals surface area (Å²) in [5.41, 5.74) is 2.50. The van der Waals surface area contributed by atoms with E-state index in [0.29, 0.717) is 29.4 Å². The maximum absolute atomic E-state index is 13.7. The molecule has 0 spiro atoms. The fraction of sp³-hybridized carbons (Fsp3) is 0.536. The zero-order chi connectivity index (χ0) is 24.1. The van der Waals surface area contributed by atoms with Crippen molar-refractivity contribution in [3.05, 3.63) is 59.7 Å². The van der Waals surface area contributed by atoms with Gasteiger partial charge in [0.15, 0.2) is 0 Å². The van der Waals surface area contributed by atoms with Crippen molar-refractivity contribution in [2.24, 2.45) is 17.8 Å². The first kappa shape index (κ1) is 23.4. The van der Waals surface area contributed by atoms with Crippen molar-refractivity contribution in [2.75, 3.05) is 10.8 Å². The van der Waals surface area contributed by atoms with Crippen LogP contribution < -0.4 is 9.62 Å². The van der Waals surface area contributed by atoms with Gasteiger partial charge in [0.25, 0.3) is 10.0 Å². The SMILES string of the molecule is Cc1ccc(S(=O)(=O)N(CC(=O)NC23CC4CC(CC(C4)C2)C3)c2ccc(C(C)C)cc2)cc1. The highest BCUT2D eigenvalue weighted by Gasteiger charge is 2.51. The number of anilines is 1. The smallest absolute Gasteiger partial charge is 0.264 e. The molecule has 0 saturated heterocycles. The Morgan fingerprint density at radius 3 is 1.97 bits per heavy atom. The number of nitrogens with zero attached hydrogens (tertiary/aromatic N) is 1. The summed E-state index contributed by atoms with van der Waals surface area (Å²) in [7, 11) is -3.89. The number of hydrogen-bond acceptors (Lipinski definition) is 3. The highest BCUT2D eigenvalue weighted by atomic mass is 32.2. The second kappa shape index (κ2) is 8.71. The molecule has 1 amide bonds. The van der Waals surface area contributed by atoms with Gasteiger partial charge in [0.05, 0.1) is 10.6 Å². The Labute approximate surface area is 204 Å². The summed E-state index contributed by atoms with van der Waals surface area (Å²) in [5, 5.41) is 3.34. The molecule has 4 bridgehead atoms. The summed E-state index contributed by atoms with van der Waals surface area (Å²) >= 11 is 0. The molecule has 34 heavy (non-hydrogen) atoms. The number of nitrogens with one attached hydrogen (secondary N) is 1. The number of carbonyl (C=O) groups excluding carboxylic acids is 1. The predicted molar refractivity (Wildman–Crippen MR) is 135 cm³/mol. The topological polar surface area (TPSA) is 66.5 Å². The number of hydrogen-bond donors (Lipinski definition) is 1. The molecule has 6 rings (SSSR count). The van der Waals surface area contributed by atoms with Crippen molar-refractivity contribution in [1.82, 2.24) is 5.32 Å². The molecular weight excluding hydrogens is 444 g/mol. The second-order valence-corrected chi connectivity index (χ2v) is 13.2. The molecule has 2 aromatic rings. The van der Waals surface area contributed by atoms with Crippen LogP contribution in [0.1, 0.15) is 69.4 Å². The lowest BCUT2D eigenvalue weighted by molar-refractivity contribution is -0.125. The van der Waals surface area contributed by atoms with E-state index in [1.54, 1.807) is 24.3 Å². The maximum Gasteiger partial charge on any atom is 0.264 e. The van der Waals surface area contributed by atoms with E-state index < -0.39 is 10.0 Å². The molecule has 4 aliphatic rings. The molecule has 4 saturated carbocycles. The molecule has 4 fully saturated rings. The van der Waals surface area contributed by atoms with Crippen molar-refractivity contribution in [3.63, 3.8) is 0 Å². The minimum absolute atomic E-state index is 0.146. The van der Waals surface area contributed by atoms with Gasteiger partial charge in [0.1, 0.15) is 6.54 Å². The van der Waals surface area contributed by atoms with E-state index in [1.807, 2.05) is 31.2 Å². The van der Waals surface area contributed by atoms with Crippen molar-refractivity contribution in [3.8, 4) is 0 Å². The standard InChI is InChI=1S/C28H36N2O3S/c1-19(2)24-6-8-25(9-7-24)30(34(32,33)26-10-4-20(3)5-11-26)18-27(31)29-28-15-21-12-22(16-28)14-23(13-21)17-28/h4-11,19,21-23H,12-18H2,1-3H3,(H,29,31). The largest absolute Gasteiger partial charge is 0.349 e. The fourth-order valence-corrected chi connectivity index (χ4v) is 8.33. The molecule has 0 unspecified atom stereocenters. The molecule has 0 aromatic heterocycles. The van der Waals surface area contributed by atoms with Crippen molar-refractivity contribution in [1.29, 1.82) is 0 Å². The first-order valence-corrected chi connectivity index (χ1v) is 14.1. The molecular formula is C28H36N2O3S. The molecule has 0 atom stereocenters. The molecule has 1 N–H and O–H groups in total.